The van der Waals surface area contributed by atoms with E-state index in [1.807, 2.05) is 0 Å². The number of hydrogen-bond donors (Lipinski definition) is 2. The highest BCUT2D eigenvalue weighted by atomic mass is 32.2. The lowest BCUT2D eigenvalue weighted by atomic mass is 9.89. The van der Waals surface area contributed by atoms with Gasteiger partial charge in [-0.05, 0) is 31.9 Å². The second-order valence-corrected chi connectivity index (χ2v) is 8.12. The molecule has 10 heteroatoms. The molecule has 30 heavy (non-hydrogen) atoms. The zero-order chi connectivity index (χ0) is 20.9. The highest BCUT2D eigenvalue weighted by Crippen LogP contribution is 2.34. The standard InChI is InChI=1S/C20H24N4O5S/c1-2-27-18(25)15-13(21-19(26)22-16(15)14-9-6-10-28-14)11-30-20-24-23-17(29-20)12-7-4-3-5-8-12/h6,9-10,12,16H,2-5,7-8,11H2,1H3,(H2,21,22,26). The van der Waals surface area contributed by atoms with Gasteiger partial charge in [0.1, 0.15) is 11.8 Å². The Kier molecular flexibility index (Phi) is 6.41. The quantitative estimate of drug-likeness (QED) is 0.502. The second-order valence-electron chi connectivity index (χ2n) is 7.19. The van der Waals surface area contributed by atoms with Crippen LogP contribution in [0.3, 0.4) is 0 Å². The molecule has 0 saturated heterocycles. The smallest absolute Gasteiger partial charge is 0.338 e. The molecule has 1 saturated carbocycles. The lowest BCUT2D eigenvalue weighted by molar-refractivity contribution is -0.139. The number of rotatable bonds is 7. The Morgan fingerprint density at radius 3 is 2.87 bits per heavy atom. The van der Waals surface area contributed by atoms with Crippen LogP contribution >= 0.6 is 11.8 Å². The van der Waals surface area contributed by atoms with Gasteiger partial charge in [0, 0.05) is 17.4 Å². The SMILES string of the molecule is CCOC(=O)C1=C(CSc2nnc(C3CCCCC3)o2)NC(=O)NC1c1ccco1. The maximum atomic E-state index is 12.7. The Balaban J connectivity index is 1.54. The Labute approximate surface area is 178 Å². The summed E-state index contributed by atoms with van der Waals surface area (Å²) in [5.74, 6) is 1.19. The molecule has 1 atom stereocenters. The summed E-state index contributed by atoms with van der Waals surface area (Å²) in [7, 11) is 0. The van der Waals surface area contributed by atoms with Crippen molar-refractivity contribution in [3.05, 3.63) is 41.3 Å². The molecule has 2 aromatic heterocycles. The molecule has 2 aromatic rings. The molecular weight excluding hydrogens is 408 g/mol. The molecule has 9 nitrogen and oxygen atoms in total. The number of thioether (sulfide) groups is 1. The number of furan rings is 1. The molecule has 4 rings (SSSR count). The van der Waals surface area contributed by atoms with E-state index in [4.69, 9.17) is 13.6 Å². The minimum absolute atomic E-state index is 0.218. The van der Waals surface area contributed by atoms with Crippen LogP contribution in [0.15, 0.2) is 43.7 Å². The van der Waals surface area contributed by atoms with Crippen molar-refractivity contribution >= 4 is 23.8 Å². The first kappa shape index (κ1) is 20.5. The fourth-order valence-corrected chi connectivity index (χ4v) is 4.52. The Bertz CT molecular complexity index is 918. The molecule has 1 aliphatic heterocycles. The summed E-state index contributed by atoms with van der Waals surface area (Å²) >= 11 is 1.27. The highest BCUT2D eigenvalue weighted by molar-refractivity contribution is 7.99. The maximum Gasteiger partial charge on any atom is 0.338 e. The van der Waals surface area contributed by atoms with Crippen molar-refractivity contribution in [1.29, 1.82) is 0 Å². The number of amides is 2. The van der Waals surface area contributed by atoms with Gasteiger partial charge < -0.3 is 24.2 Å². The fraction of sp³-hybridized carbons (Fsp3) is 0.500. The van der Waals surface area contributed by atoms with Crippen LogP contribution in [0.25, 0.3) is 0 Å². The molecule has 1 unspecified atom stereocenters. The normalized spacial score (nSPS) is 20.0. The minimum atomic E-state index is -0.733. The summed E-state index contributed by atoms with van der Waals surface area (Å²) in [5, 5.41) is 14.2. The minimum Gasteiger partial charge on any atom is -0.467 e. The summed E-state index contributed by atoms with van der Waals surface area (Å²) in [5.41, 5.74) is 0.729. The third-order valence-electron chi connectivity index (χ3n) is 5.19. The number of aromatic nitrogens is 2. The summed E-state index contributed by atoms with van der Waals surface area (Å²) in [6, 6.07) is 2.25. The molecule has 1 fully saturated rings. The van der Waals surface area contributed by atoms with Crippen LogP contribution in [0, 0.1) is 0 Å². The summed E-state index contributed by atoms with van der Waals surface area (Å²) in [6.45, 7) is 1.95. The van der Waals surface area contributed by atoms with E-state index in [2.05, 4.69) is 20.8 Å². The van der Waals surface area contributed by atoms with Crippen LogP contribution in [-0.2, 0) is 9.53 Å². The molecule has 160 valence electrons. The van der Waals surface area contributed by atoms with Crippen molar-refractivity contribution in [2.45, 2.75) is 56.2 Å². The van der Waals surface area contributed by atoms with E-state index in [9.17, 15) is 9.59 Å². The zero-order valence-corrected chi connectivity index (χ0v) is 17.5. The summed E-state index contributed by atoms with van der Waals surface area (Å²) < 4.78 is 16.5. The molecule has 3 heterocycles. The van der Waals surface area contributed by atoms with Crippen molar-refractivity contribution < 1.29 is 23.2 Å². The number of carbonyl (C=O) groups excluding carboxylic acids is 2. The van der Waals surface area contributed by atoms with Crippen LogP contribution in [0.1, 0.15) is 62.6 Å². The van der Waals surface area contributed by atoms with Crippen LogP contribution in [0.5, 0.6) is 0 Å². The summed E-state index contributed by atoms with van der Waals surface area (Å²) in [6.07, 6.45) is 7.23. The van der Waals surface area contributed by atoms with E-state index >= 15 is 0 Å². The highest BCUT2D eigenvalue weighted by Gasteiger charge is 2.35. The Morgan fingerprint density at radius 1 is 1.30 bits per heavy atom. The van der Waals surface area contributed by atoms with Gasteiger partial charge in [-0.1, -0.05) is 31.0 Å². The first-order valence-corrected chi connectivity index (χ1v) is 11.1. The molecule has 2 amide bonds. The molecule has 0 aromatic carbocycles. The third-order valence-corrected chi connectivity index (χ3v) is 6.04. The van der Waals surface area contributed by atoms with Crippen molar-refractivity contribution in [3.63, 3.8) is 0 Å². The number of hydrogen-bond acceptors (Lipinski definition) is 8. The monoisotopic (exact) mass is 432 g/mol. The average Bonchev–Trinajstić information content (AvgIpc) is 3.45. The van der Waals surface area contributed by atoms with Crippen LogP contribution in [-0.4, -0.2) is 34.6 Å². The topological polar surface area (TPSA) is 119 Å². The zero-order valence-electron chi connectivity index (χ0n) is 16.7. The van der Waals surface area contributed by atoms with Gasteiger partial charge in [-0.2, -0.15) is 0 Å². The average molecular weight is 433 g/mol. The molecule has 1 aliphatic carbocycles. The third kappa shape index (κ3) is 4.53. The van der Waals surface area contributed by atoms with Crippen LogP contribution in [0.2, 0.25) is 0 Å². The number of ether oxygens (including phenoxy) is 1. The van der Waals surface area contributed by atoms with Gasteiger partial charge in [-0.3, -0.25) is 0 Å². The van der Waals surface area contributed by atoms with E-state index in [1.54, 1.807) is 19.1 Å². The van der Waals surface area contributed by atoms with E-state index in [-0.39, 0.29) is 12.4 Å². The molecule has 0 spiro atoms. The van der Waals surface area contributed by atoms with Crippen molar-refractivity contribution in [2.24, 2.45) is 0 Å². The first-order valence-electron chi connectivity index (χ1n) is 10.1. The lowest BCUT2D eigenvalue weighted by Gasteiger charge is -2.27. The number of urea groups is 1. The van der Waals surface area contributed by atoms with Crippen molar-refractivity contribution in [1.82, 2.24) is 20.8 Å². The number of carbonyl (C=O) groups is 2. The van der Waals surface area contributed by atoms with Gasteiger partial charge >= 0.3 is 12.0 Å². The lowest BCUT2D eigenvalue weighted by Crippen LogP contribution is -2.46. The van der Waals surface area contributed by atoms with Crippen LogP contribution < -0.4 is 10.6 Å². The molecule has 2 N–H and O–H groups in total. The van der Waals surface area contributed by atoms with Gasteiger partial charge in [-0.25, -0.2) is 9.59 Å². The predicted octanol–water partition coefficient (Wildman–Crippen LogP) is 3.67. The van der Waals surface area contributed by atoms with Gasteiger partial charge in [-0.15, -0.1) is 10.2 Å². The van der Waals surface area contributed by atoms with E-state index in [0.29, 0.717) is 34.1 Å². The van der Waals surface area contributed by atoms with Crippen molar-refractivity contribution in [2.75, 3.05) is 12.4 Å². The first-order chi connectivity index (χ1) is 14.7. The Morgan fingerprint density at radius 2 is 2.13 bits per heavy atom. The molecule has 0 radical (unpaired) electrons. The van der Waals surface area contributed by atoms with E-state index in [1.165, 1.54) is 37.3 Å². The van der Waals surface area contributed by atoms with Gasteiger partial charge in [0.15, 0.2) is 0 Å². The molecular formula is C20H24N4O5S. The van der Waals surface area contributed by atoms with Gasteiger partial charge in [0.25, 0.3) is 5.22 Å². The van der Waals surface area contributed by atoms with E-state index in [0.717, 1.165) is 12.8 Å². The fourth-order valence-electron chi connectivity index (χ4n) is 3.78. The number of nitrogens with one attached hydrogen (secondary N) is 2. The van der Waals surface area contributed by atoms with Gasteiger partial charge in [0.2, 0.25) is 5.89 Å². The van der Waals surface area contributed by atoms with Gasteiger partial charge in [0.05, 0.1) is 18.4 Å². The molecule has 2 aliphatic rings. The summed E-state index contributed by atoms with van der Waals surface area (Å²) in [4.78, 5) is 24.9. The predicted molar refractivity (Wildman–Crippen MR) is 108 cm³/mol. The number of esters is 1. The van der Waals surface area contributed by atoms with Crippen molar-refractivity contribution in [3.8, 4) is 0 Å². The molecule has 0 bridgehead atoms. The second kappa shape index (κ2) is 9.38. The Hall–Kier alpha value is -2.75. The maximum absolute atomic E-state index is 12.7. The number of nitrogens with zero attached hydrogens (tertiary/aromatic N) is 2. The van der Waals surface area contributed by atoms with Crippen LogP contribution in [0.4, 0.5) is 4.79 Å². The largest absolute Gasteiger partial charge is 0.467 e. The van der Waals surface area contributed by atoms with E-state index < -0.39 is 18.0 Å².